The van der Waals surface area contributed by atoms with Crippen molar-refractivity contribution in [2.24, 2.45) is 11.5 Å². The van der Waals surface area contributed by atoms with Gasteiger partial charge in [0.15, 0.2) is 0 Å². The van der Waals surface area contributed by atoms with E-state index in [0.717, 1.165) is 23.8 Å². The number of benzene rings is 3. The van der Waals surface area contributed by atoms with Gasteiger partial charge in [0.1, 0.15) is 23.1 Å². The molecule has 0 bridgehead atoms. The minimum atomic E-state index is -5.40. The Morgan fingerprint density at radius 2 is 1.72 bits per heavy atom. The molecule has 9 nitrogen and oxygen atoms in total. The lowest BCUT2D eigenvalue weighted by molar-refractivity contribution is -0.199. The Morgan fingerprint density at radius 1 is 1.00 bits per heavy atom. The van der Waals surface area contributed by atoms with Crippen molar-refractivity contribution in [3.05, 3.63) is 78.2 Å². The van der Waals surface area contributed by atoms with Crippen molar-refractivity contribution in [2.75, 3.05) is 12.2 Å². The molecule has 0 saturated carbocycles. The molecule has 39 heavy (non-hydrogen) atoms. The highest BCUT2D eigenvalue weighted by molar-refractivity contribution is 5.96. The summed E-state index contributed by atoms with van der Waals surface area (Å²) in [5.41, 5.74) is 12.1. The second-order valence-electron chi connectivity index (χ2n) is 7.99. The Labute approximate surface area is 218 Å². The predicted molar refractivity (Wildman–Crippen MR) is 132 cm³/mol. The fourth-order valence-electron chi connectivity index (χ4n) is 3.72. The van der Waals surface area contributed by atoms with E-state index in [4.69, 9.17) is 20.9 Å². The Balaban J connectivity index is 1.68. The van der Waals surface area contributed by atoms with Gasteiger partial charge in [0.2, 0.25) is 0 Å². The lowest BCUT2D eigenvalue weighted by Crippen LogP contribution is -2.41. The van der Waals surface area contributed by atoms with E-state index in [1.807, 2.05) is 0 Å². The van der Waals surface area contributed by atoms with Crippen LogP contribution in [0.2, 0.25) is 0 Å². The third kappa shape index (κ3) is 5.83. The number of halogens is 4. The molecule has 0 aliphatic heterocycles. The topological polar surface area (TPSA) is 130 Å². The summed E-state index contributed by atoms with van der Waals surface area (Å²) in [6, 6.07) is 12.4. The second kappa shape index (κ2) is 10.8. The van der Waals surface area contributed by atoms with Crippen LogP contribution < -0.4 is 26.0 Å². The van der Waals surface area contributed by atoms with Gasteiger partial charge in [0, 0.05) is 29.3 Å². The van der Waals surface area contributed by atoms with Crippen LogP contribution in [-0.2, 0) is 16.2 Å². The number of pyridine rings is 1. The number of ether oxygens (including phenoxy) is 2. The summed E-state index contributed by atoms with van der Waals surface area (Å²) in [6.45, 7) is 0.248. The van der Waals surface area contributed by atoms with Gasteiger partial charge < -0.3 is 25.8 Å². The molecule has 13 heteroatoms. The van der Waals surface area contributed by atoms with Gasteiger partial charge in [0.05, 0.1) is 18.3 Å². The lowest BCUT2D eigenvalue weighted by atomic mass is 10.0. The molecule has 202 valence electrons. The number of carbonyl (C=O) groups is 2. The summed E-state index contributed by atoms with van der Waals surface area (Å²) in [7, 11) is 1.51. The normalized spacial score (nSPS) is 11.2. The Bertz CT molecular complexity index is 1540. The zero-order valence-corrected chi connectivity index (χ0v) is 20.2. The van der Waals surface area contributed by atoms with E-state index in [1.54, 1.807) is 24.4 Å². The van der Waals surface area contributed by atoms with Crippen molar-refractivity contribution in [3.63, 3.8) is 0 Å². The number of aromatic nitrogens is 1. The molecule has 1 aromatic heterocycles. The Kier molecular flexibility index (Phi) is 7.54. The van der Waals surface area contributed by atoms with Crippen molar-refractivity contribution in [2.45, 2.75) is 12.7 Å². The second-order valence-corrected chi connectivity index (χ2v) is 7.99. The van der Waals surface area contributed by atoms with Gasteiger partial charge in [-0.3, -0.25) is 4.98 Å². The minimum absolute atomic E-state index is 0.0545. The monoisotopic (exact) mass is 544 g/mol. The van der Waals surface area contributed by atoms with E-state index >= 15 is 0 Å². The zero-order valence-electron chi connectivity index (χ0n) is 20.2. The molecule has 4 N–H and O–H groups in total. The van der Waals surface area contributed by atoms with Gasteiger partial charge >= 0.3 is 18.2 Å². The fraction of sp³-hybridized carbons (Fsp3) is 0.115. The number of methoxy groups -OCH3 is 1. The van der Waals surface area contributed by atoms with E-state index in [-0.39, 0.29) is 22.7 Å². The molecule has 4 rings (SSSR count). The van der Waals surface area contributed by atoms with Crippen LogP contribution in [0.3, 0.4) is 0 Å². The first-order valence-electron chi connectivity index (χ1n) is 11.1. The summed E-state index contributed by atoms with van der Waals surface area (Å²) in [5, 5.41) is 0.591. The Morgan fingerprint density at radius 3 is 2.33 bits per heavy atom. The van der Waals surface area contributed by atoms with E-state index in [2.05, 4.69) is 9.82 Å². The fourth-order valence-corrected chi connectivity index (χ4v) is 3.72. The number of carbonyl (C=O) groups excluding carboxylic acids is 2. The first-order valence-corrected chi connectivity index (χ1v) is 11.1. The highest BCUT2D eigenvalue weighted by Crippen LogP contribution is 2.36. The summed E-state index contributed by atoms with van der Waals surface area (Å²) in [6.07, 6.45) is -3.85. The number of rotatable bonds is 6. The summed E-state index contributed by atoms with van der Waals surface area (Å²) >= 11 is 0. The van der Waals surface area contributed by atoms with Gasteiger partial charge in [-0.1, -0.05) is 12.1 Å². The molecular weight excluding hydrogens is 524 g/mol. The lowest BCUT2D eigenvalue weighted by Gasteiger charge is -2.22. The highest BCUT2D eigenvalue weighted by Gasteiger charge is 2.43. The number of amides is 2. The standard InChI is InChI=1S/C26H20F4N4O5/c1-37-23-12-19-20(10-15(23)13-31)33-9-8-22(19)38-17-5-2-14(3-6-17)18-11-16(27)4-7-21(18)34(25(32)36)39-24(35)26(28,29)30/h2-12H,13,31H2,1H3,(H2,32,36). The average Bonchev–Trinajstić information content (AvgIpc) is 2.91. The molecular formula is C26H20F4N4O5. The molecule has 0 aliphatic carbocycles. The summed E-state index contributed by atoms with van der Waals surface area (Å²) < 4.78 is 63.7. The predicted octanol–water partition coefficient (Wildman–Crippen LogP) is 5.21. The minimum Gasteiger partial charge on any atom is -0.496 e. The van der Waals surface area contributed by atoms with Crippen LogP contribution in [0.1, 0.15) is 5.56 Å². The van der Waals surface area contributed by atoms with E-state index in [0.29, 0.717) is 28.2 Å². The number of hydrogen-bond donors (Lipinski definition) is 2. The third-order valence-corrected chi connectivity index (χ3v) is 5.50. The number of nitrogens with zero attached hydrogens (tertiary/aromatic N) is 2. The van der Waals surface area contributed by atoms with Crippen molar-refractivity contribution >= 4 is 28.6 Å². The van der Waals surface area contributed by atoms with Gasteiger partial charge in [-0.05, 0) is 54.1 Å². The van der Waals surface area contributed by atoms with Gasteiger partial charge in [-0.2, -0.15) is 13.2 Å². The van der Waals surface area contributed by atoms with Gasteiger partial charge in [-0.25, -0.2) is 14.0 Å². The average molecular weight is 544 g/mol. The smallest absolute Gasteiger partial charge is 0.493 e. The molecule has 0 radical (unpaired) electrons. The van der Waals surface area contributed by atoms with Crippen molar-refractivity contribution in [3.8, 4) is 28.4 Å². The first kappa shape index (κ1) is 27.1. The van der Waals surface area contributed by atoms with Gasteiger partial charge in [-0.15, -0.1) is 5.06 Å². The summed E-state index contributed by atoms with van der Waals surface area (Å²) in [5.74, 6) is -2.10. The summed E-state index contributed by atoms with van der Waals surface area (Å²) in [4.78, 5) is 31.7. The molecule has 2 amide bonds. The maximum absolute atomic E-state index is 14.1. The van der Waals surface area contributed by atoms with E-state index < -0.39 is 29.7 Å². The molecule has 1 heterocycles. The number of nitrogens with two attached hydrogens (primary N) is 2. The van der Waals surface area contributed by atoms with Crippen molar-refractivity contribution in [1.82, 2.24) is 4.98 Å². The van der Waals surface area contributed by atoms with Crippen LogP contribution in [0, 0.1) is 5.82 Å². The molecule has 0 saturated heterocycles. The van der Waals surface area contributed by atoms with Gasteiger partial charge in [0.25, 0.3) is 0 Å². The van der Waals surface area contributed by atoms with Crippen molar-refractivity contribution in [1.29, 1.82) is 0 Å². The third-order valence-electron chi connectivity index (χ3n) is 5.50. The molecule has 0 unspecified atom stereocenters. The number of alkyl halides is 3. The highest BCUT2D eigenvalue weighted by atomic mass is 19.4. The largest absolute Gasteiger partial charge is 0.496 e. The Hall–Kier alpha value is -4.91. The van der Waals surface area contributed by atoms with E-state index in [9.17, 15) is 27.2 Å². The zero-order chi connectivity index (χ0) is 28.3. The van der Waals surface area contributed by atoms with Crippen LogP contribution in [0.5, 0.6) is 17.2 Å². The molecule has 0 spiro atoms. The number of hydrogen-bond acceptors (Lipinski definition) is 7. The van der Waals surface area contributed by atoms with Crippen LogP contribution in [0.15, 0.2) is 66.9 Å². The SMILES string of the molecule is COc1cc2c(Oc3ccc(-c4cc(F)ccc4N(OC(=O)C(F)(F)F)C(N)=O)cc3)ccnc2cc1CN. The van der Waals surface area contributed by atoms with Crippen LogP contribution in [0.4, 0.5) is 28.0 Å². The number of urea groups is 1. The first-order chi connectivity index (χ1) is 18.5. The number of hydroxylamine groups is 1. The number of fused-ring (bicyclic) bond motifs is 1. The maximum atomic E-state index is 14.1. The molecule has 3 aromatic carbocycles. The quantitative estimate of drug-likeness (QED) is 0.252. The maximum Gasteiger partial charge on any atom is 0.493 e. The molecule has 0 fully saturated rings. The molecule has 4 aromatic rings. The van der Waals surface area contributed by atoms with Crippen LogP contribution in [-0.4, -0.2) is 30.3 Å². The molecule has 0 atom stereocenters. The number of anilines is 1. The molecule has 0 aliphatic rings. The van der Waals surface area contributed by atoms with Crippen molar-refractivity contribution < 1.29 is 41.5 Å². The van der Waals surface area contributed by atoms with Crippen LogP contribution >= 0.6 is 0 Å². The van der Waals surface area contributed by atoms with E-state index in [1.165, 1.54) is 31.4 Å². The number of primary amides is 1. The van der Waals surface area contributed by atoms with Crippen LogP contribution in [0.25, 0.3) is 22.0 Å².